The Morgan fingerprint density at radius 1 is 1.88 bits per heavy atom. The molecule has 8 heavy (non-hydrogen) atoms. The first-order chi connectivity index (χ1) is 3.66. The van der Waals surface area contributed by atoms with Gasteiger partial charge < -0.3 is 4.84 Å². The zero-order valence-electron chi connectivity index (χ0n) is 4.71. The summed E-state index contributed by atoms with van der Waals surface area (Å²) in [5, 5.41) is 3.54. The van der Waals surface area contributed by atoms with E-state index >= 15 is 0 Å². The van der Waals surface area contributed by atoms with E-state index in [0.717, 1.165) is 5.17 Å². The van der Waals surface area contributed by atoms with Crippen molar-refractivity contribution in [3.63, 3.8) is 0 Å². The fourth-order valence-electron chi connectivity index (χ4n) is 0.206. The number of nitrogens with zero attached hydrogens (tertiary/aromatic N) is 2. The van der Waals surface area contributed by atoms with Crippen molar-refractivity contribution in [1.82, 2.24) is 5.17 Å². The van der Waals surface area contributed by atoms with Crippen LogP contribution >= 0.6 is 0 Å². The number of hydrogen-bond acceptors (Lipinski definition) is 4. The molecule has 5 heteroatoms. The molecule has 1 N–H and O–H groups in total. The zero-order chi connectivity index (χ0) is 6.57. The van der Waals surface area contributed by atoms with Gasteiger partial charge in [0.25, 0.3) is 0 Å². The number of hydrogen-bond donors (Lipinski definition) is 1. The standard InChI is InChI=1S/C3H7N3O2/c1-3(7)8-6(2)5-4/h4H,1-2H3. The van der Waals surface area contributed by atoms with E-state index in [1.165, 1.54) is 14.0 Å². The number of carbonyl (C=O) groups excluding carboxylic acids is 1. The Hall–Kier alpha value is -1.13. The summed E-state index contributed by atoms with van der Waals surface area (Å²) in [6, 6.07) is 0. The Bertz CT molecular complexity index is 103. The van der Waals surface area contributed by atoms with E-state index in [1.807, 2.05) is 0 Å². The van der Waals surface area contributed by atoms with E-state index < -0.39 is 5.97 Å². The largest absolute Gasteiger partial charge is 0.331 e. The highest BCUT2D eigenvalue weighted by Crippen LogP contribution is 1.83. The van der Waals surface area contributed by atoms with Gasteiger partial charge in [0.1, 0.15) is 0 Å². The number of carbonyl (C=O) groups is 1. The summed E-state index contributed by atoms with van der Waals surface area (Å²) >= 11 is 0. The van der Waals surface area contributed by atoms with Crippen LogP contribution in [0.2, 0.25) is 0 Å². The van der Waals surface area contributed by atoms with Crippen LogP contribution in [0.4, 0.5) is 0 Å². The van der Waals surface area contributed by atoms with E-state index in [9.17, 15) is 4.79 Å². The summed E-state index contributed by atoms with van der Waals surface area (Å²) in [4.78, 5) is 14.2. The fraction of sp³-hybridized carbons (Fsp3) is 0.667. The minimum Gasteiger partial charge on any atom is -0.323 e. The van der Waals surface area contributed by atoms with Crippen LogP contribution in [-0.2, 0) is 9.63 Å². The van der Waals surface area contributed by atoms with Gasteiger partial charge in [-0.25, -0.2) is 4.79 Å². The molecule has 0 fully saturated rings. The quantitative estimate of drug-likeness (QED) is 0.419. The highest BCUT2D eigenvalue weighted by Gasteiger charge is 1.94. The van der Waals surface area contributed by atoms with Gasteiger partial charge in [-0.15, -0.1) is 5.17 Å². The summed E-state index contributed by atoms with van der Waals surface area (Å²) in [5.41, 5.74) is 6.28. The molecular weight excluding hydrogens is 110 g/mol. The maximum Gasteiger partial charge on any atom is 0.331 e. The third-order valence-corrected chi connectivity index (χ3v) is 0.401. The molecule has 0 aliphatic carbocycles. The second-order valence-electron chi connectivity index (χ2n) is 1.15. The lowest BCUT2D eigenvalue weighted by Crippen LogP contribution is -2.14. The first kappa shape index (κ1) is 6.87. The molecule has 5 nitrogen and oxygen atoms in total. The molecule has 0 amide bonds. The van der Waals surface area contributed by atoms with E-state index in [2.05, 4.69) is 10.1 Å². The summed E-state index contributed by atoms with van der Waals surface area (Å²) in [5.74, 6) is -0.483. The van der Waals surface area contributed by atoms with Crippen molar-refractivity contribution in [3.05, 3.63) is 0 Å². The third kappa shape index (κ3) is 3.08. The van der Waals surface area contributed by atoms with Crippen molar-refractivity contribution in [2.24, 2.45) is 5.22 Å². The average Bonchev–Trinajstić information content (AvgIpc) is 1.65. The van der Waals surface area contributed by atoms with Crippen LogP contribution < -0.4 is 0 Å². The monoisotopic (exact) mass is 117 g/mol. The molecule has 46 valence electrons. The minimum absolute atomic E-state index is 0.483. The van der Waals surface area contributed by atoms with Gasteiger partial charge in [-0.05, 0) is 5.22 Å². The minimum atomic E-state index is -0.483. The Kier molecular flexibility index (Phi) is 2.53. The highest BCUT2D eigenvalue weighted by molar-refractivity contribution is 5.65. The average molecular weight is 117 g/mol. The van der Waals surface area contributed by atoms with Crippen LogP contribution in [0.15, 0.2) is 5.22 Å². The van der Waals surface area contributed by atoms with Gasteiger partial charge in [0, 0.05) is 6.92 Å². The Labute approximate surface area is 46.7 Å². The van der Waals surface area contributed by atoms with E-state index in [-0.39, 0.29) is 0 Å². The lowest BCUT2D eigenvalue weighted by Gasteiger charge is -2.05. The van der Waals surface area contributed by atoms with Crippen molar-refractivity contribution in [3.8, 4) is 0 Å². The van der Waals surface area contributed by atoms with E-state index in [4.69, 9.17) is 5.53 Å². The van der Waals surface area contributed by atoms with Crippen LogP contribution in [-0.4, -0.2) is 18.2 Å². The Balaban J connectivity index is 3.38. The second-order valence-corrected chi connectivity index (χ2v) is 1.15. The molecule has 0 heterocycles. The molecular formula is C3H7N3O2. The van der Waals surface area contributed by atoms with Crippen LogP contribution in [0.3, 0.4) is 0 Å². The van der Waals surface area contributed by atoms with Gasteiger partial charge in [-0.3, -0.25) is 0 Å². The SMILES string of the molecule is CC(=O)ON(C)N=N. The molecule has 0 rings (SSSR count). The molecule has 0 atom stereocenters. The number of nitrogens with one attached hydrogen (secondary N) is 1. The van der Waals surface area contributed by atoms with Gasteiger partial charge in [0.05, 0.1) is 7.05 Å². The topological polar surface area (TPSA) is 65.8 Å². The Morgan fingerprint density at radius 2 is 2.38 bits per heavy atom. The molecule has 0 bridgehead atoms. The molecule has 0 radical (unpaired) electrons. The molecule has 0 aromatic carbocycles. The summed E-state index contributed by atoms with van der Waals surface area (Å²) in [7, 11) is 1.36. The van der Waals surface area contributed by atoms with Crippen molar-refractivity contribution < 1.29 is 9.63 Å². The molecule has 0 saturated carbocycles. The van der Waals surface area contributed by atoms with Crippen molar-refractivity contribution in [2.45, 2.75) is 6.92 Å². The molecule has 0 unspecified atom stereocenters. The van der Waals surface area contributed by atoms with Gasteiger partial charge in [0.15, 0.2) is 0 Å². The van der Waals surface area contributed by atoms with Gasteiger partial charge >= 0.3 is 5.97 Å². The van der Waals surface area contributed by atoms with Crippen molar-refractivity contribution in [1.29, 1.82) is 5.53 Å². The second kappa shape index (κ2) is 2.95. The predicted octanol–water partition coefficient (Wildman–Crippen LogP) is 0.342. The van der Waals surface area contributed by atoms with Gasteiger partial charge in [-0.2, -0.15) is 5.53 Å². The zero-order valence-corrected chi connectivity index (χ0v) is 4.71. The predicted molar refractivity (Wildman–Crippen MR) is 24.7 cm³/mol. The van der Waals surface area contributed by atoms with E-state index in [0.29, 0.717) is 0 Å². The smallest absolute Gasteiger partial charge is 0.323 e. The van der Waals surface area contributed by atoms with Crippen LogP contribution in [0.5, 0.6) is 0 Å². The van der Waals surface area contributed by atoms with Crippen LogP contribution in [0.1, 0.15) is 6.92 Å². The maximum absolute atomic E-state index is 10.0. The van der Waals surface area contributed by atoms with Crippen molar-refractivity contribution >= 4 is 5.97 Å². The van der Waals surface area contributed by atoms with Crippen LogP contribution in [0.25, 0.3) is 0 Å². The van der Waals surface area contributed by atoms with Crippen molar-refractivity contribution in [2.75, 3.05) is 7.05 Å². The molecule has 0 spiro atoms. The number of rotatable bonds is 2. The summed E-state index contributed by atoms with van der Waals surface area (Å²) < 4.78 is 0. The lowest BCUT2D eigenvalue weighted by atomic mass is 10.8. The molecule has 0 aliphatic heterocycles. The molecule has 0 aliphatic rings. The fourth-order valence-corrected chi connectivity index (χ4v) is 0.206. The van der Waals surface area contributed by atoms with Crippen LogP contribution in [0, 0.1) is 5.53 Å². The first-order valence-corrected chi connectivity index (χ1v) is 1.96. The maximum atomic E-state index is 10.0. The van der Waals surface area contributed by atoms with Gasteiger partial charge in [-0.1, -0.05) is 0 Å². The van der Waals surface area contributed by atoms with E-state index in [1.54, 1.807) is 0 Å². The van der Waals surface area contributed by atoms with Gasteiger partial charge in [0.2, 0.25) is 0 Å². The molecule has 0 saturated heterocycles. The lowest BCUT2D eigenvalue weighted by molar-refractivity contribution is -0.183. The third-order valence-electron chi connectivity index (χ3n) is 0.401. The number of hydroxylamine groups is 1. The Morgan fingerprint density at radius 3 is 2.50 bits per heavy atom. The highest BCUT2D eigenvalue weighted by atomic mass is 16.7. The summed E-state index contributed by atoms with van der Waals surface area (Å²) in [6.45, 7) is 1.24. The first-order valence-electron chi connectivity index (χ1n) is 1.96. The molecule has 0 aromatic rings. The molecule has 0 aromatic heterocycles. The summed E-state index contributed by atoms with van der Waals surface area (Å²) in [6.07, 6.45) is 0. The normalized spacial score (nSPS) is 7.75.